The molecule has 1 aromatic carbocycles. The van der Waals surface area contributed by atoms with Crippen LogP contribution in [0.1, 0.15) is 26.7 Å². The molecular weight excluding hydrogens is 330 g/mol. The molecule has 0 aliphatic heterocycles. The molecule has 6 heteroatoms. The van der Waals surface area contributed by atoms with Crippen molar-refractivity contribution in [2.45, 2.75) is 37.1 Å². The maximum atomic E-state index is 12.3. The molecule has 1 unspecified atom stereocenters. The molecule has 0 amide bonds. The van der Waals surface area contributed by atoms with Gasteiger partial charge in [-0.3, -0.25) is 0 Å². The molecule has 1 N–H and O–H groups in total. The van der Waals surface area contributed by atoms with E-state index in [0.29, 0.717) is 5.75 Å². The average Bonchev–Trinajstić information content (AvgIpc) is 2.38. The minimum absolute atomic E-state index is 0.252. The molecule has 0 saturated carbocycles. The van der Waals surface area contributed by atoms with Crippen LogP contribution in [0.15, 0.2) is 29.2 Å². The van der Waals surface area contributed by atoms with Gasteiger partial charge in [-0.15, -0.1) is 0 Å². The summed E-state index contributed by atoms with van der Waals surface area (Å²) in [6.45, 7) is 3.88. The van der Waals surface area contributed by atoms with E-state index in [4.69, 9.17) is 4.74 Å². The van der Waals surface area contributed by atoms with E-state index in [1.54, 1.807) is 31.4 Å². The number of alkyl halides is 1. The second-order valence-corrected chi connectivity index (χ2v) is 7.11. The zero-order valence-electron chi connectivity index (χ0n) is 11.4. The Bertz CT molecular complexity index is 501. The second kappa shape index (κ2) is 6.72. The number of benzene rings is 1. The van der Waals surface area contributed by atoms with Crippen molar-refractivity contribution in [2.75, 3.05) is 12.4 Å². The van der Waals surface area contributed by atoms with Crippen LogP contribution in [0.5, 0.6) is 5.75 Å². The van der Waals surface area contributed by atoms with Gasteiger partial charge in [-0.05, 0) is 44.0 Å². The van der Waals surface area contributed by atoms with E-state index in [-0.39, 0.29) is 4.90 Å². The van der Waals surface area contributed by atoms with Gasteiger partial charge in [-0.2, -0.15) is 0 Å². The summed E-state index contributed by atoms with van der Waals surface area (Å²) < 4.78 is 32.4. The Hall–Kier alpha value is -0.590. The topological polar surface area (TPSA) is 55.4 Å². The van der Waals surface area contributed by atoms with Gasteiger partial charge >= 0.3 is 0 Å². The van der Waals surface area contributed by atoms with Crippen LogP contribution in [0.4, 0.5) is 0 Å². The highest BCUT2D eigenvalue weighted by atomic mass is 79.9. The van der Waals surface area contributed by atoms with Gasteiger partial charge in [0.05, 0.1) is 12.0 Å². The van der Waals surface area contributed by atoms with Gasteiger partial charge in [0.15, 0.2) is 0 Å². The first kappa shape index (κ1) is 16.5. The third-order valence-electron chi connectivity index (χ3n) is 3.18. The molecule has 4 nitrogen and oxygen atoms in total. The fourth-order valence-corrected chi connectivity index (χ4v) is 4.03. The van der Waals surface area contributed by atoms with Crippen molar-refractivity contribution < 1.29 is 13.2 Å². The van der Waals surface area contributed by atoms with Crippen LogP contribution in [0.25, 0.3) is 0 Å². The first-order valence-corrected chi connectivity index (χ1v) is 8.71. The van der Waals surface area contributed by atoms with Gasteiger partial charge < -0.3 is 4.74 Å². The summed E-state index contributed by atoms with van der Waals surface area (Å²) in [6.07, 6.45) is 1.47. The molecule has 0 aromatic heterocycles. The SMILES string of the molecule is CCC(C)(CCBr)NS(=O)(=O)c1ccc(OC)cc1. The van der Waals surface area contributed by atoms with Crippen LogP contribution in [-0.2, 0) is 10.0 Å². The average molecular weight is 350 g/mol. The number of nitrogens with one attached hydrogen (secondary N) is 1. The summed E-state index contributed by atoms with van der Waals surface area (Å²) in [5, 5.41) is 0.752. The predicted octanol–water partition coefficient (Wildman–Crippen LogP) is 2.93. The molecule has 0 aliphatic carbocycles. The molecular formula is C13H20BrNO3S. The van der Waals surface area contributed by atoms with Crippen molar-refractivity contribution in [3.63, 3.8) is 0 Å². The fraction of sp³-hybridized carbons (Fsp3) is 0.538. The number of ether oxygens (including phenoxy) is 1. The number of sulfonamides is 1. The van der Waals surface area contributed by atoms with E-state index in [2.05, 4.69) is 20.7 Å². The van der Waals surface area contributed by atoms with E-state index in [9.17, 15) is 8.42 Å². The number of halogens is 1. The summed E-state index contributed by atoms with van der Waals surface area (Å²) in [4.78, 5) is 0.252. The zero-order chi connectivity index (χ0) is 14.5. The van der Waals surface area contributed by atoms with Crippen LogP contribution < -0.4 is 9.46 Å². The van der Waals surface area contributed by atoms with E-state index < -0.39 is 15.6 Å². The molecule has 0 heterocycles. The van der Waals surface area contributed by atoms with Gasteiger partial charge in [0.25, 0.3) is 0 Å². The van der Waals surface area contributed by atoms with E-state index in [1.807, 2.05) is 13.8 Å². The maximum absolute atomic E-state index is 12.3. The van der Waals surface area contributed by atoms with Gasteiger partial charge in [0.1, 0.15) is 5.75 Å². The van der Waals surface area contributed by atoms with Gasteiger partial charge in [-0.1, -0.05) is 22.9 Å². The Morgan fingerprint density at radius 1 is 1.32 bits per heavy atom. The van der Waals surface area contributed by atoms with Crippen LogP contribution in [-0.4, -0.2) is 26.4 Å². The Morgan fingerprint density at radius 3 is 2.32 bits per heavy atom. The van der Waals surface area contributed by atoms with E-state index >= 15 is 0 Å². The van der Waals surface area contributed by atoms with Gasteiger partial charge in [0.2, 0.25) is 10.0 Å². The Kier molecular flexibility index (Phi) is 5.82. The summed E-state index contributed by atoms with van der Waals surface area (Å²) in [5.41, 5.74) is -0.442. The normalized spacial score (nSPS) is 14.9. The standard InChI is InChI=1S/C13H20BrNO3S/c1-4-13(2,9-10-14)15-19(16,17)12-7-5-11(18-3)6-8-12/h5-8,15H,4,9-10H2,1-3H3. The van der Waals surface area contributed by atoms with Crippen LogP contribution >= 0.6 is 15.9 Å². The lowest BCUT2D eigenvalue weighted by atomic mass is 9.98. The van der Waals surface area contributed by atoms with Crippen molar-refractivity contribution in [1.29, 1.82) is 0 Å². The fourth-order valence-electron chi connectivity index (χ4n) is 1.65. The van der Waals surface area contributed by atoms with Crippen molar-refractivity contribution in [2.24, 2.45) is 0 Å². The van der Waals surface area contributed by atoms with Crippen molar-refractivity contribution >= 4 is 26.0 Å². The highest BCUT2D eigenvalue weighted by molar-refractivity contribution is 9.09. The summed E-state index contributed by atoms with van der Waals surface area (Å²) in [7, 11) is -1.96. The lowest BCUT2D eigenvalue weighted by molar-refractivity contribution is 0.392. The minimum atomic E-state index is -3.50. The van der Waals surface area contributed by atoms with Gasteiger partial charge in [0, 0.05) is 10.9 Å². The van der Waals surface area contributed by atoms with Crippen LogP contribution in [0, 0.1) is 0 Å². The maximum Gasteiger partial charge on any atom is 0.241 e. The smallest absolute Gasteiger partial charge is 0.241 e. The van der Waals surface area contributed by atoms with Crippen LogP contribution in [0.3, 0.4) is 0 Å². The number of hydrogen-bond donors (Lipinski definition) is 1. The molecule has 1 atom stereocenters. The van der Waals surface area contributed by atoms with Gasteiger partial charge in [-0.25, -0.2) is 13.1 Å². The lowest BCUT2D eigenvalue weighted by Crippen LogP contribution is -2.45. The first-order chi connectivity index (χ1) is 8.87. The molecule has 0 bridgehead atoms. The molecule has 0 fully saturated rings. The van der Waals surface area contributed by atoms with Crippen molar-refractivity contribution in [3.8, 4) is 5.75 Å². The molecule has 0 aliphatic rings. The van der Waals surface area contributed by atoms with E-state index in [0.717, 1.165) is 18.2 Å². The molecule has 108 valence electrons. The summed E-state index contributed by atoms with van der Waals surface area (Å²) in [6, 6.07) is 6.38. The molecule has 0 radical (unpaired) electrons. The van der Waals surface area contributed by atoms with Crippen molar-refractivity contribution in [1.82, 2.24) is 4.72 Å². The third kappa shape index (κ3) is 4.47. The molecule has 0 spiro atoms. The number of hydrogen-bond acceptors (Lipinski definition) is 3. The van der Waals surface area contributed by atoms with Crippen molar-refractivity contribution in [3.05, 3.63) is 24.3 Å². The Labute approximate surface area is 123 Å². The zero-order valence-corrected chi connectivity index (χ0v) is 13.8. The second-order valence-electron chi connectivity index (χ2n) is 4.63. The highest BCUT2D eigenvalue weighted by Gasteiger charge is 2.28. The Morgan fingerprint density at radius 2 is 1.89 bits per heavy atom. The first-order valence-electron chi connectivity index (χ1n) is 6.11. The van der Waals surface area contributed by atoms with E-state index in [1.165, 1.54) is 0 Å². The quantitative estimate of drug-likeness (QED) is 0.770. The summed E-state index contributed by atoms with van der Waals surface area (Å²) >= 11 is 3.36. The molecule has 19 heavy (non-hydrogen) atoms. The third-order valence-corrected chi connectivity index (χ3v) is 5.23. The van der Waals surface area contributed by atoms with Crippen LogP contribution in [0.2, 0.25) is 0 Å². The molecule has 1 rings (SSSR count). The largest absolute Gasteiger partial charge is 0.497 e. The predicted molar refractivity (Wildman–Crippen MR) is 80.4 cm³/mol. The monoisotopic (exact) mass is 349 g/mol. The number of methoxy groups -OCH3 is 1. The minimum Gasteiger partial charge on any atom is -0.497 e. The lowest BCUT2D eigenvalue weighted by Gasteiger charge is -2.28. The Balaban J connectivity index is 2.96. The molecule has 1 aromatic rings. The number of rotatable bonds is 7. The highest BCUT2D eigenvalue weighted by Crippen LogP contribution is 2.21. The molecule has 0 saturated heterocycles. The summed E-state index contributed by atoms with van der Waals surface area (Å²) in [5.74, 6) is 0.637.